The third-order valence-corrected chi connectivity index (χ3v) is 6.94. The van der Waals surface area contributed by atoms with Crippen LogP contribution in [0.15, 0.2) is 41.3 Å². The average Bonchev–Trinajstić information content (AvgIpc) is 3.51. The lowest BCUT2D eigenvalue weighted by Gasteiger charge is -2.17. The first-order valence-corrected chi connectivity index (χ1v) is 12.1. The van der Waals surface area contributed by atoms with E-state index >= 15 is 0 Å². The second-order valence-corrected chi connectivity index (χ2v) is 10.2. The van der Waals surface area contributed by atoms with Crippen molar-refractivity contribution < 1.29 is 17.9 Å². The van der Waals surface area contributed by atoms with Gasteiger partial charge in [0, 0.05) is 30.1 Å². The molecule has 5 rings (SSSR count). The van der Waals surface area contributed by atoms with Crippen LogP contribution in [0.3, 0.4) is 0 Å². The fourth-order valence-corrected chi connectivity index (χ4v) is 4.75. The van der Waals surface area contributed by atoms with E-state index in [1.165, 1.54) is 6.26 Å². The number of hydrogen-bond donors (Lipinski definition) is 4. The van der Waals surface area contributed by atoms with Crippen LogP contribution in [0, 0.1) is 5.92 Å². The number of carbonyl (C=O) groups excluding carboxylic acids is 1. The molecule has 8 nitrogen and oxygen atoms in total. The molecule has 1 aromatic heterocycles. The maximum absolute atomic E-state index is 11.9. The summed E-state index contributed by atoms with van der Waals surface area (Å²) in [5, 5.41) is 7.63. The Bertz CT molecular complexity index is 1280. The van der Waals surface area contributed by atoms with Crippen LogP contribution in [-0.4, -0.2) is 44.8 Å². The highest BCUT2D eigenvalue weighted by Gasteiger charge is 2.35. The summed E-state index contributed by atoms with van der Waals surface area (Å²) in [5.41, 5.74) is 9.85. The van der Waals surface area contributed by atoms with E-state index in [2.05, 4.69) is 15.6 Å². The van der Waals surface area contributed by atoms with E-state index in [0.717, 1.165) is 46.4 Å². The van der Waals surface area contributed by atoms with Crippen LogP contribution in [0.25, 0.3) is 22.2 Å². The van der Waals surface area contributed by atoms with Crippen LogP contribution in [0.2, 0.25) is 0 Å². The average molecular weight is 441 g/mol. The van der Waals surface area contributed by atoms with E-state index < -0.39 is 15.9 Å². The number of benzene rings is 2. The van der Waals surface area contributed by atoms with Gasteiger partial charge in [-0.2, -0.15) is 0 Å². The molecule has 1 aliphatic carbocycles. The molecular weight excluding hydrogens is 416 g/mol. The van der Waals surface area contributed by atoms with Gasteiger partial charge < -0.3 is 26.1 Å². The molecule has 0 spiro atoms. The molecule has 9 heteroatoms. The lowest BCUT2D eigenvalue weighted by molar-refractivity contribution is -0.119. The van der Waals surface area contributed by atoms with Crippen LogP contribution in [0.5, 0.6) is 5.75 Å². The van der Waals surface area contributed by atoms with Crippen molar-refractivity contribution in [3.8, 4) is 17.0 Å². The molecule has 1 amide bonds. The molecule has 31 heavy (non-hydrogen) atoms. The summed E-state index contributed by atoms with van der Waals surface area (Å²) in [7, 11) is -3.26. The van der Waals surface area contributed by atoms with Gasteiger partial charge in [-0.1, -0.05) is 12.1 Å². The van der Waals surface area contributed by atoms with Gasteiger partial charge in [-0.25, -0.2) is 8.42 Å². The summed E-state index contributed by atoms with van der Waals surface area (Å²) in [6, 6.07) is 10.3. The standard InChI is InChI=1S/C22H24N4O4S/c1-31(28,29)15-6-4-12(5-7-15)19-21-18-16(26-19)10-14(11-17(18)30-9-8-24-21)25-20(22(23)27)13-2-3-13/h4-7,10-11,13,20,24-26H,2-3,8-9H2,1H3,(H2,23,27)/t20-/m0/s1. The monoisotopic (exact) mass is 440 g/mol. The molecule has 0 bridgehead atoms. The zero-order valence-electron chi connectivity index (χ0n) is 17.1. The van der Waals surface area contributed by atoms with Gasteiger partial charge in [0.05, 0.1) is 27.2 Å². The summed E-state index contributed by atoms with van der Waals surface area (Å²) < 4.78 is 29.6. The van der Waals surface area contributed by atoms with Gasteiger partial charge in [-0.3, -0.25) is 4.79 Å². The molecule has 2 aromatic carbocycles. The van der Waals surface area contributed by atoms with Crippen molar-refractivity contribution in [1.29, 1.82) is 0 Å². The van der Waals surface area contributed by atoms with Crippen LogP contribution < -0.4 is 21.1 Å². The van der Waals surface area contributed by atoms with E-state index in [9.17, 15) is 13.2 Å². The molecular formula is C22H24N4O4S. The van der Waals surface area contributed by atoms with E-state index in [-0.39, 0.29) is 16.7 Å². The summed E-state index contributed by atoms with van der Waals surface area (Å²) in [6.45, 7) is 1.13. The lowest BCUT2D eigenvalue weighted by Crippen LogP contribution is -2.37. The Morgan fingerprint density at radius 1 is 1.23 bits per heavy atom. The maximum Gasteiger partial charge on any atom is 0.240 e. The van der Waals surface area contributed by atoms with Crippen LogP contribution >= 0.6 is 0 Å². The number of rotatable bonds is 6. The van der Waals surface area contributed by atoms with Crippen molar-refractivity contribution in [2.45, 2.75) is 23.8 Å². The van der Waals surface area contributed by atoms with E-state index in [1.807, 2.05) is 12.1 Å². The molecule has 0 radical (unpaired) electrons. The van der Waals surface area contributed by atoms with Gasteiger partial charge in [-0.15, -0.1) is 0 Å². The maximum atomic E-state index is 11.9. The highest BCUT2D eigenvalue weighted by molar-refractivity contribution is 7.90. The number of ether oxygens (including phenoxy) is 1. The molecule has 1 aliphatic heterocycles. The van der Waals surface area contributed by atoms with E-state index in [1.54, 1.807) is 24.3 Å². The van der Waals surface area contributed by atoms with Crippen LogP contribution in [-0.2, 0) is 14.6 Å². The second-order valence-electron chi connectivity index (χ2n) is 8.21. The Balaban J connectivity index is 1.59. The smallest absolute Gasteiger partial charge is 0.240 e. The normalized spacial score (nSPS) is 16.8. The number of nitrogens with two attached hydrogens (primary N) is 1. The molecule has 1 fully saturated rings. The topological polar surface area (TPSA) is 126 Å². The molecule has 162 valence electrons. The quantitative estimate of drug-likeness (QED) is 0.467. The lowest BCUT2D eigenvalue weighted by atomic mass is 10.1. The first-order chi connectivity index (χ1) is 14.8. The van der Waals surface area contributed by atoms with Crippen LogP contribution in [0.4, 0.5) is 11.4 Å². The Labute approximate surface area is 180 Å². The van der Waals surface area contributed by atoms with Gasteiger partial charge in [0.25, 0.3) is 0 Å². The summed E-state index contributed by atoms with van der Waals surface area (Å²) in [5.74, 6) is 0.641. The van der Waals surface area contributed by atoms with Gasteiger partial charge in [0.2, 0.25) is 5.91 Å². The number of aromatic amines is 1. The number of H-pyrrole nitrogens is 1. The fraction of sp³-hybridized carbons (Fsp3) is 0.318. The minimum Gasteiger partial charge on any atom is -0.491 e. The molecule has 1 atom stereocenters. The predicted octanol–water partition coefficient (Wildman–Crippen LogP) is 2.72. The second kappa shape index (κ2) is 7.19. The summed E-state index contributed by atoms with van der Waals surface area (Å²) >= 11 is 0. The number of anilines is 2. The van der Waals surface area contributed by atoms with E-state index in [4.69, 9.17) is 10.5 Å². The van der Waals surface area contributed by atoms with Crippen molar-refractivity contribution in [3.05, 3.63) is 36.4 Å². The molecule has 3 aromatic rings. The number of nitrogens with one attached hydrogen (secondary N) is 3. The number of carbonyl (C=O) groups is 1. The van der Waals surface area contributed by atoms with E-state index in [0.29, 0.717) is 18.9 Å². The Morgan fingerprint density at radius 2 is 1.97 bits per heavy atom. The summed E-state index contributed by atoms with van der Waals surface area (Å²) in [4.78, 5) is 15.6. The van der Waals surface area contributed by atoms with Crippen molar-refractivity contribution in [2.75, 3.05) is 30.0 Å². The van der Waals surface area contributed by atoms with Crippen molar-refractivity contribution >= 4 is 38.0 Å². The first-order valence-electron chi connectivity index (χ1n) is 10.2. The SMILES string of the molecule is CS(=O)(=O)c1ccc(-c2[nH]c3cc(N[C@H](C(N)=O)C4CC4)cc4c3c2NCCO4)cc1. The third-order valence-electron chi connectivity index (χ3n) is 5.82. The largest absolute Gasteiger partial charge is 0.491 e. The number of aromatic nitrogens is 1. The molecule has 0 unspecified atom stereocenters. The number of primary amides is 1. The molecule has 1 saturated carbocycles. The first kappa shape index (κ1) is 19.7. The number of sulfone groups is 1. The van der Waals surface area contributed by atoms with Gasteiger partial charge in [-0.05, 0) is 37.0 Å². The van der Waals surface area contributed by atoms with Crippen molar-refractivity contribution in [2.24, 2.45) is 11.7 Å². The van der Waals surface area contributed by atoms with Crippen molar-refractivity contribution in [3.63, 3.8) is 0 Å². The zero-order valence-corrected chi connectivity index (χ0v) is 17.9. The van der Waals surface area contributed by atoms with Gasteiger partial charge >= 0.3 is 0 Å². The molecule has 2 aliphatic rings. The minimum atomic E-state index is -3.26. The highest BCUT2D eigenvalue weighted by atomic mass is 32.2. The van der Waals surface area contributed by atoms with Gasteiger partial charge in [0.1, 0.15) is 18.4 Å². The molecule has 0 saturated heterocycles. The Hall–Kier alpha value is -3.20. The third kappa shape index (κ3) is 3.69. The predicted molar refractivity (Wildman–Crippen MR) is 120 cm³/mol. The molecule has 5 N–H and O–H groups in total. The fourth-order valence-electron chi connectivity index (χ4n) is 4.12. The Morgan fingerprint density at radius 3 is 2.61 bits per heavy atom. The minimum absolute atomic E-state index is 0.276. The van der Waals surface area contributed by atoms with Crippen molar-refractivity contribution in [1.82, 2.24) is 4.98 Å². The number of hydrogen-bond acceptors (Lipinski definition) is 6. The summed E-state index contributed by atoms with van der Waals surface area (Å²) in [6.07, 6.45) is 3.19. The highest BCUT2D eigenvalue weighted by Crippen LogP contribution is 2.43. The van der Waals surface area contributed by atoms with Gasteiger partial charge in [0.15, 0.2) is 9.84 Å². The molecule has 2 heterocycles. The zero-order chi connectivity index (χ0) is 21.8. The van der Waals surface area contributed by atoms with Crippen LogP contribution in [0.1, 0.15) is 12.8 Å². The Kier molecular flexibility index (Phi) is 4.58. The number of amides is 1.